The average molecular weight is 269 g/mol. The monoisotopic (exact) mass is 269 g/mol. The van der Waals surface area contributed by atoms with Crippen molar-refractivity contribution < 1.29 is 19.0 Å². The summed E-state index contributed by atoms with van der Waals surface area (Å²) >= 11 is 0. The van der Waals surface area contributed by atoms with Crippen LogP contribution in [0.2, 0.25) is 0 Å². The van der Waals surface area contributed by atoms with Gasteiger partial charge in [0.2, 0.25) is 0 Å². The minimum absolute atomic E-state index is 0.218. The maximum Gasteiger partial charge on any atom is 0.309 e. The molecule has 0 aliphatic heterocycles. The van der Waals surface area contributed by atoms with Gasteiger partial charge in [-0.05, 0) is 44.5 Å². The van der Waals surface area contributed by atoms with Crippen LogP contribution in [-0.4, -0.2) is 24.7 Å². The van der Waals surface area contributed by atoms with Gasteiger partial charge in [0.1, 0.15) is 0 Å². The Morgan fingerprint density at radius 1 is 1.47 bits per heavy atom. The number of ether oxygens (including phenoxy) is 1. The van der Waals surface area contributed by atoms with E-state index in [-0.39, 0.29) is 5.75 Å². The van der Waals surface area contributed by atoms with Gasteiger partial charge in [0, 0.05) is 6.54 Å². The average Bonchev–Trinajstić information content (AvgIpc) is 2.34. The fourth-order valence-corrected chi connectivity index (χ4v) is 1.56. The number of carbonyl (C=O) groups is 1. The predicted octanol–water partition coefficient (Wildman–Crippen LogP) is 2.42. The van der Waals surface area contributed by atoms with E-state index in [1.165, 1.54) is 13.2 Å². The molecule has 0 saturated carbocycles. The number of halogens is 1. The third kappa shape index (κ3) is 4.52. The lowest BCUT2D eigenvalue weighted by molar-refractivity contribution is -0.147. The van der Waals surface area contributed by atoms with Gasteiger partial charge in [-0.3, -0.25) is 4.79 Å². The molecule has 0 fully saturated rings. The molecular formula is C14H20FNO3. The molecule has 1 rings (SSSR count). The normalized spacial score (nSPS) is 11.4. The molecule has 0 heterocycles. The van der Waals surface area contributed by atoms with Gasteiger partial charge in [-0.2, -0.15) is 0 Å². The van der Waals surface area contributed by atoms with Gasteiger partial charge in [-0.25, -0.2) is 4.39 Å². The number of rotatable bonds is 7. The Morgan fingerprint density at radius 3 is 2.68 bits per heavy atom. The van der Waals surface area contributed by atoms with Gasteiger partial charge in [0.15, 0.2) is 11.6 Å². The van der Waals surface area contributed by atoms with Crippen molar-refractivity contribution in [2.75, 3.05) is 13.7 Å². The number of carboxylic acid groups (broad SMARTS) is 1. The van der Waals surface area contributed by atoms with Crippen LogP contribution in [0.1, 0.15) is 25.8 Å². The Balaban J connectivity index is 2.42. The van der Waals surface area contributed by atoms with Crippen molar-refractivity contribution in [1.82, 2.24) is 5.32 Å². The van der Waals surface area contributed by atoms with E-state index >= 15 is 0 Å². The summed E-state index contributed by atoms with van der Waals surface area (Å²) in [6.07, 6.45) is 0.515. The summed E-state index contributed by atoms with van der Waals surface area (Å²) in [6.45, 7) is 4.43. The molecule has 0 aromatic heterocycles. The molecule has 1 aromatic rings. The second-order valence-corrected chi connectivity index (χ2v) is 5.08. The quantitative estimate of drug-likeness (QED) is 0.746. The standard InChI is InChI=1S/C14H20FNO3/c1-14(2,13(17)18)6-7-16-9-10-4-5-12(19-3)11(15)8-10/h4-5,8,16H,6-7,9H2,1-3H3,(H,17,18). The van der Waals surface area contributed by atoms with Crippen molar-refractivity contribution in [2.24, 2.45) is 5.41 Å². The SMILES string of the molecule is COc1ccc(CNCCC(C)(C)C(=O)O)cc1F. The Labute approximate surface area is 112 Å². The lowest BCUT2D eigenvalue weighted by Crippen LogP contribution is -2.28. The summed E-state index contributed by atoms with van der Waals surface area (Å²) < 4.78 is 18.3. The fourth-order valence-electron chi connectivity index (χ4n) is 1.56. The van der Waals surface area contributed by atoms with E-state index in [1.807, 2.05) is 0 Å². The van der Waals surface area contributed by atoms with Crippen LogP contribution in [0.15, 0.2) is 18.2 Å². The maximum absolute atomic E-state index is 13.4. The molecule has 5 heteroatoms. The second kappa shape index (κ2) is 6.52. The molecule has 0 aliphatic rings. The zero-order chi connectivity index (χ0) is 14.5. The summed E-state index contributed by atoms with van der Waals surface area (Å²) in [5.41, 5.74) is 0.0458. The number of methoxy groups -OCH3 is 1. The first-order valence-electron chi connectivity index (χ1n) is 6.13. The maximum atomic E-state index is 13.4. The molecule has 0 radical (unpaired) electrons. The largest absolute Gasteiger partial charge is 0.494 e. The van der Waals surface area contributed by atoms with E-state index in [2.05, 4.69) is 5.32 Å². The second-order valence-electron chi connectivity index (χ2n) is 5.08. The van der Waals surface area contributed by atoms with Crippen LogP contribution in [0.3, 0.4) is 0 Å². The molecule has 2 N–H and O–H groups in total. The van der Waals surface area contributed by atoms with E-state index in [1.54, 1.807) is 26.0 Å². The highest BCUT2D eigenvalue weighted by atomic mass is 19.1. The highest BCUT2D eigenvalue weighted by molar-refractivity contribution is 5.73. The zero-order valence-corrected chi connectivity index (χ0v) is 11.5. The Hall–Kier alpha value is -1.62. The number of carboxylic acids is 1. The zero-order valence-electron chi connectivity index (χ0n) is 11.5. The van der Waals surface area contributed by atoms with Crippen molar-refractivity contribution >= 4 is 5.97 Å². The van der Waals surface area contributed by atoms with E-state index in [0.717, 1.165) is 5.56 Å². The first-order valence-corrected chi connectivity index (χ1v) is 6.13. The molecule has 106 valence electrons. The fraction of sp³-hybridized carbons (Fsp3) is 0.500. The van der Waals surface area contributed by atoms with E-state index in [4.69, 9.17) is 9.84 Å². The third-order valence-corrected chi connectivity index (χ3v) is 3.05. The molecule has 1 aromatic carbocycles. The van der Waals surface area contributed by atoms with Gasteiger partial charge < -0.3 is 15.2 Å². The lowest BCUT2D eigenvalue weighted by atomic mass is 9.90. The van der Waals surface area contributed by atoms with E-state index in [0.29, 0.717) is 19.5 Å². The first kappa shape index (κ1) is 15.4. The first-order chi connectivity index (χ1) is 8.86. The van der Waals surface area contributed by atoms with Crippen molar-refractivity contribution in [3.8, 4) is 5.75 Å². The van der Waals surface area contributed by atoms with Crippen LogP contribution >= 0.6 is 0 Å². The van der Waals surface area contributed by atoms with Gasteiger partial charge in [-0.15, -0.1) is 0 Å². The van der Waals surface area contributed by atoms with Crippen LogP contribution < -0.4 is 10.1 Å². The summed E-state index contributed by atoms with van der Waals surface area (Å²) in [4.78, 5) is 10.9. The van der Waals surface area contributed by atoms with Crippen molar-refractivity contribution in [1.29, 1.82) is 0 Å². The molecule has 0 spiro atoms. The highest BCUT2D eigenvalue weighted by Gasteiger charge is 2.25. The Bertz CT molecular complexity index is 446. The van der Waals surface area contributed by atoms with Crippen LogP contribution in [0.4, 0.5) is 4.39 Å². The smallest absolute Gasteiger partial charge is 0.309 e. The molecule has 19 heavy (non-hydrogen) atoms. The van der Waals surface area contributed by atoms with Gasteiger partial charge in [-0.1, -0.05) is 6.07 Å². The summed E-state index contributed by atoms with van der Waals surface area (Å²) in [7, 11) is 1.42. The van der Waals surface area contributed by atoms with Crippen LogP contribution in [0.25, 0.3) is 0 Å². The molecular weight excluding hydrogens is 249 g/mol. The minimum atomic E-state index is -0.815. The summed E-state index contributed by atoms with van der Waals surface area (Å²) in [5.74, 6) is -0.992. The van der Waals surface area contributed by atoms with Crippen LogP contribution in [0, 0.1) is 11.2 Å². The summed E-state index contributed by atoms with van der Waals surface area (Å²) in [6, 6.07) is 4.76. The molecule has 0 bridgehead atoms. The molecule has 0 unspecified atom stereocenters. The van der Waals surface area contributed by atoms with Gasteiger partial charge >= 0.3 is 5.97 Å². The van der Waals surface area contributed by atoms with Gasteiger partial charge in [0.05, 0.1) is 12.5 Å². The Kier molecular flexibility index (Phi) is 5.30. The Morgan fingerprint density at radius 2 is 2.16 bits per heavy atom. The van der Waals surface area contributed by atoms with Crippen molar-refractivity contribution in [2.45, 2.75) is 26.8 Å². The van der Waals surface area contributed by atoms with E-state index in [9.17, 15) is 9.18 Å². The number of hydrogen-bond donors (Lipinski definition) is 2. The topological polar surface area (TPSA) is 58.6 Å². The van der Waals surface area contributed by atoms with Gasteiger partial charge in [0.25, 0.3) is 0 Å². The molecule has 0 atom stereocenters. The number of nitrogens with one attached hydrogen (secondary N) is 1. The predicted molar refractivity (Wildman–Crippen MR) is 70.7 cm³/mol. The number of aliphatic carboxylic acids is 1. The van der Waals surface area contributed by atoms with Crippen LogP contribution in [-0.2, 0) is 11.3 Å². The molecule has 0 saturated heterocycles. The van der Waals surface area contributed by atoms with Crippen molar-refractivity contribution in [3.63, 3.8) is 0 Å². The molecule has 4 nitrogen and oxygen atoms in total. The number of hydrogen-bond acceptors (Lipinski definition) is 3. The highest BCUT2D eigenvalue weighted by Crippen LogP contribution is 2.20. The summed E-state index contributed by atoms with van der Waals surface area (Å²) in [5, 5.41) is 12.1. The molecule has 0 amide bonds. The minimum Gasteiger partial charge on any atom is -0.494 e. The molecule has 0 aliphatic carbocycles. The van der Waals surface area contributed by atoms with E-state index < -0.39 is 17.2 Å². The van der Waals surface area contributed by atoms with Crippen molar-refractivity contribution in [3.05, 3.63) is 29.6 Å². The third-order valence-electron chi connectivity index (χ3n) is 3.05. The number of benzene rings is 1. The lowest BCUT2D eigenvalue weighted by Gasteiger charge is -2.19. The van der Waals surface area contributed by atoms with Crippen LogP contribution in [0.5, 0.6) is 5.75 Å².